The summed E-state index contributed by atoms with van der Waals surface area (Å²) < 4.78 is 6.53. The Bertz CT molecular complexity index is 1240. The summed E-state index contributed by atoms with van der Waals surface area (Å²) >= 11 is 4.78. The number of nitrogens with zero attached hydrogens (tertiary/aromatic N) is 2. The van der Waals surface area contributed by atoms with E-state index in [9.17, 15) is 9.90 Å². The Morgan fingerprint density at radius 1 is 1.23 bits per heavy atom. The van der Waals surface area contributed by atoms with Gasteiger partial charge in [0.1, 0.15) is 11.6 Å². The van der Waals surface area contributed by atoms with Crippen LogP contribution in [0.2, 0.25) is 0 Å². The number of aromatic nitrogens is 2. The van der Waals surface area contributed by atoms with Gasteiger partial charge in [-0.2, -0.15) is 0 Å². The molecule has 4 aromatic rings. The second kappa shape index (κ2) is 9.45. The number of anilines is 1. The van der Waals surface area contributed by atoms with Crippen LogP contribution in [0, 0.1) is 0 Å². The summed E-state index contributed by atoms with van der Waals surface area (Å²) in [6, 6.07) is 16.0. The molecule has 0 aliphatic carbocycles. The first-order valence-electron chi connectivity index (χ1n) is 9.80. The molecule has 0 atom stereocenters. The number of carbonyl (C=O) groups is 1. The minimum Gasteiger partial charge on any atom is -0.492 e. The zero-order chi connectivity index (χ0) is 21.8. The van der Waals surface area contributed by atoms with Crippen molar-refractivity contribution in [1.82, 2.24) is 9.97 Å². The highest BCUT2D eigenvalue weighted by Crippen LogP contribution is 2.35. The molecule has 0 unspecified atom stereocenters. The number of carboxylic acid groups (broad SMARTS) is 1. The fourth-order valence-corrected chi connectivity index (χ4v) is 4.78. The third-order valence-electron chi connectivity index (χ3n) is 4.73. The van der Waals surface area contributed by atoms with Crippen LogP contribution in [0.25, 0.3) is 21.5 Å². The molecular formula is C23H20BrN3O3S. The molecule has 8 heteroatoms. The Labute approximate surface area is 192 Å². The molecule has 2 N–H and O–H groups in total. The maximum absolute atomic E-state index is 11.5. The molecular weight excluding hydrogens is 478 g/mol. The molecule has 0 aliphatic rings. The van der Waals surface area contributed by atoms with Gasteiger partial charge in [0.25, 0.3) is 0 Å². The van der Waals surface area contributed by atoms with Crippen molar-refractivity contribution in [3.8, 4) is 16.5 Å². The molecule has 0 spiro atoms. The number of rotatable bonds is 8. The summed E-state index contributed by atoms with van der Waals surface area (Å²) in [7, 11) is 0. The molecule has 2 heterocycles. The molecule has 0 aliphatic heterocycles. The molecule has 0 saturated heterocycles. The fraction of sp³-hybridized carbons (Fsp3) is 0.174. The molecule has 0 saturated carbocycles. The van der Waals surface area contributed by atoms with Crippen molar-refractivity contribution >= 4 is 49.8 Å². The first kappa shape index (κ1) is 21.3. The number of ether oxygens (including phenoxy) is 1. The van der Waals surface area contributed by atoms with E-state index in [1.807, 2.05) is 19.1 Å². The van der Waals surface area contributed by atoms with Crippen LogP contribution in [-0.4, -0.2) is 34.2 Å². The van der Waals surface area contributed by atoms with Gasteiger partial charge in [-0.1, -0.05) is 46.3 Å². The lowest BCUT2D eigenvalue weighted by molar-refractivity contribution is 0.0698. The van der Waals surface area contributed by atoms with E-state index in [0.29, 0.717) is 35.4 Å². The molecule has 0 bridgehead atoms. The molecule has 0 amide bonds. The monoisotopic (exact) mass is 497 g/mol. The number of hydrogen-bond acceptors (Lipinski definition) is 6. The minimum absolute atomic E-state index is 0.152. The fourth-order valence-electron chi connectivity index (χ4n) is 3.35. The molecule has 31 heavy (non-hydrogen) atoms. The van der Waals surface area contributed by atoms with E-state index in [1.54, 1.807) is 18.3 Å². The average Bonchev–Trinajstić information content (AvgIpc) is 3.20. The summed E-state index contributed by atoms with van der Waals surface area (Å²) in [6.07, 6.45) is 2.48. The van der Waals surface area contributed by atoms with Crippen molar-refractivity contribution in [2.24, 2.45) is 0 Å². The Morgan fingerprint density at radius 3 is 2.87 bits per heavy atom. The second-order valence-electron chi connectivity index (χ2n) is 6.73. The van der Waals surface area contributed by atoms with Crippen molar-refractivity contribution < 1.29 is 14.6 Å². The normalized spacial score (nSPS) is 10.9. The van der Waals surface area contributed by atoms with Gasteiger partial charge >= 0.3 is 5.97 Å². The molecule has 6 nitrogen and oxygen atoms in total. The van der Waals surface area contributed by atoms with Crippen molar-refractivity contribution in [2.75, 3.05) is 18.5 Å². The summed E-state index contributed by atoms with van der Waals surface area (Å²) in [4.78, 5) is 21.2. The lowest BCUT2D eigenvalue weighted by Gasteiger charge is -2.11. The molecule has 4 rings (SSSR count). The number of fused-ring (bicyclic) bond motifs is 1. The largest absolute Gasteiger partial charge is 0.492 e. The van der Waals surface area contributed by atoms with Gasteiger partial charge in [-0.05, 0) is 41.8 Å². The standard InChI is InChI=1S/C23H20BrN3O3S/c1-2-30-18-13-19(31-21(18)23(28)29)22-26-12-10-20(27-22)25-11-9-16-15-6-4-3-5-14(15)7-8-17(16)24/h3-8,10,12-13H,2,9,11H2,1H3,(H,28,29)(H,25,26,27). The van der Waals surface area contributed by atoms with Crippen LogP contribution in [0.4, 0.5) is 5.82 Å². The van der Waals surface area contributed by atoms with E-state index in [1.165, 1.54) is 16.3 Å². The van der Waals surface area contributed by atoms with E-state index < -0.39 is 5.97 Å². The van der Waals surface area contributed by atoms with Gasteiger partial charge in [0, 0.05) is 23.3 Å². The maximum atomic E-state index is 11.5. The van der Waals surface area contributed by atoms with Gasteiger partial charge in [-0.15, -0.1) is 11.3 Å². The highest BCUT2D eigenvalue weighted by atomic mass is 79.9. The number of nitrogens with one attached hydrogen (secondary N) is 1. The van der Waals surface area contributed by atoms with E-state index in [4.69, 9.17) is 4.74 Å². The van der Waals surface area contributed by atoms with E-state index in [0.717, 1.165) is 22.2 Å². The number of hydrogen-bond donors (Lipinski definition) is 2. The van der Waals surface area contributed by atoms with Crippen molar-refractivity contribution in [3.05, 3.63) is 69.6 Å². The maximum Gasteiger partial charge on any atom is 0.349 e. The zero-order valence-electron chi connectivity index (χ0n) is 16.8. The lowest BCUT2D eigenvalue weighted by atomic mass is 10.0. The summed E-state index contributed by atoms with van der Waals surface area (Å²) in [5.74, 6) is 0.479. The van der Waals surface area contributed by atoms with Crippen LogP contribution >= 0.6 is 27.3 Å². The van der Waals surface area contributed by atoms with Crippen LogP contribution < -0.4 is 10.1 Å². The van der Waals surface area contributed by atoms with Gasteiger partial charge in [-0.25, -0.2) is 14.8 Å². The van der Waals surface area contributed by atoms with Crippen LogP contribution in [0.15, 0.2) is 59.2 Å². The lowest BCUT2D eigenvalue weighted by Crippen LogP contribution is -2.07. The van der Waals surface area contributed by atoms with Crippen LogP contribution in [-0.2, 0) is 6.42 Å². The third kappa shape index (κ3) is 4.70. The van der Waals surface area contributed by atoms with Crippen LogP contribution in [0.3, 0.4) is 0 Å². The van der Waals surface area contributed by atoms with Gasteiger partial charge in [0.2, 0.25) is 0 Å². The van der Waals surface area contributed by atoms with E-state index >= 15 is 0 Å². The summed E-state index contributed by atoms with van der Waals surface area (Å²) in [5, 5.41) is 15.2. The SMILES string of the molecule is CCOc1cc(-c2nccc(NCCc3c(Br)ccc4ccccc34)n2)sc1C(=O)O. The summed E-state index contributed by atoms with van der Waals surface area (Å²) in [5.41, 5.74) is 1.24. The number of benzene rings is 2. The molecule has 158 valence electrons. The zero-order valence-corrected chi connectivity index (χ0v) is 19.2. The van der Waals surface area contributed by atoms with E-state index in [-0.39, 0.29) is 4.88 Å². The van der Waals surface area contributed by atoms with Gasteiger partial charge in [0.15, 0.2) is 10.7 Å². The number of thiophene rings is 1. The second-order valence-corrected chi connectivity index (χ2v) is 8.64. The minimum atomic E-state index is -1.02. The predicted octanol–water partition coefficient (Wildman–Crippen LogP) is 5.87. The predicted molar refractivity (Wildman–Crippen MR) is 127 cm³/mol. The molecule has 0 radical (unpaired) electrons. The van der Waals surface area contributed by atoms with Crippen molar-refractivity contribution in [3.63, 3.8) is 0 Å². The smallest absolute Gasteiger partial charge is 0.349 e. The van der Waals surface area contributed by atoms with Gasteiger partial charge in [-0.3, -0.25) is 0 Å². The molecule has 0 fully saturated rings. The first-order valence-corrected chi connectivity index (χ1v) is 11.4. The summed E-state index contributed by atoms with van der Waals surface area (Å²) in [6.45, 7) is 2.90. The number of carboxylic acids is 1. The topological polar surface area (TPSA) is 84.3 Å². The van der Waals surface area contributed by atoms with Crippen molar-refractivity contribution in [1.29, 1.82) is 0 Å². The Kier molecular flexibility index (Phi) is 6.48. The van der Waals surface area contributed by atoms with Gasteiger partial charge in [0.05, 0.1) is 11.5 Å². The highest BCUT2D eigenvalue weighted by Gasteiger charge is 2.19. The Balaban J connectivity index is 1.51. The quantitative estimate of drug-likeness (QED) is 0.316. The number of halogens is 1. The van der Waals surface area contributed by atoms with Crippen LogP contribution in [0.1, 0.15) is 22.2 Å². The van der Waals surface area contributed by atoms with Crippen LogP contribution in [0.5, 0.6) is 5.75 Å². The number of aromatic carboxylic acids is 1. The highest BCUT2D eigenvalue weighted by molar-refractivity contribution is 9.10. The van der Waals surface area contributed by atoms with Crippen molar-refractivity contribution in [2.45, 2.75) is 13.3 Å². The average molecular weight is 498 g/mol. The molecule has 2 aromatic heterocycles. The van der Waals surface area contributed by atoms with Gasteiger partial charge < -0.3 is 15.2 Å². The Morgan fingerprint density at radius 2 is 2.06 bits per heavy atom. The third-order valence-corrected chi connectivity index (χ3v) is 6.58. The Hall–Kier alpha value is -2.97. The van der Waals surface area contributed by atoms with E-state index in [2.05, 4.69) is 55.5 Å². The molecule has 2 aromatic carbocycles. The first-order chi connectivity index (χ1) is 15.1.